The molecule has 0 atom stereocenters. The summed E-state index contributed by atoms with van der Waals surface area (Å²) in [4.78, 5) is 12.0. The normalized spacial score (nSPS) is 10.2. The number of benzene rings is 1. The van der Waals surface area contributed by atoms with E-state index in [0.29, 0.717) is 18.7 Å². The highest BCUT2D eigenvalue weighted by molar-refractivity contribution is 5.94. The summed E-state index contributed by atoms with van der Waals surface area (Å²) < 4.78 is 6.72. The Balaban J connectivity index is 0.00000264. The van der Waals surface area contributed by atoms with Gasteiger partial charge in [-0.2, -0.15) is 5.10 Å². The van der Waals surface area contributed by atoms with Gasteiger partial charge in [-0.3, -0.25) is 4.79 Å². The molecule has 0 saturated carbocycles. The summed E-state index contributed by atoms with van der Waals surface area (Å²) in [7, 11) is 1.66. The van der Waals surface area contributed by atoms with Gasteiger partial charge in [0.25, 0.3) is 5.91 Å². The van der Waals surface area contributed by atoms with E-state index in [-0.39, 0.29) is 18.3 Å². The molecule has 7 heteroatoms. The molecule has 1 aromatic heterocycles. The maximum atomic E-state index is 12.0. The van der Waals surface area contributed by atoms with Crippen molar-refractivity contribution in [3.8, 4) is 5.69 Å². The first kappa shape index (κ1) is 19.2. The lowest BCUT2D eigenvalue weighted by molar-refractivity contribution is 0.0953. The van der Waals surface area contributed by atoms with Crippen LogP contribution in [-0.4, -0.2) is 49.0 Å². The fourth-order valence-electron chi connectivity index (χ4n) is 1.99. The highest BCUT2D eigenvalue weighted by Crippen LogP contribution is 2.09. The van der Waals surface area contributed by atoms with Crippen LogP contribution >= 0.6 is 12.4 Å². The van der Waals surface area contributed by atoms with Crippen molar-refractivity contribution in [2.24, 2.45) is 0 Å². The number of hydrogen-bond donors (Lipinski definition) is 2. The lowest BCUT2D eigenvalue weighted by atomic mass is 10.2. The Bertz CT molecular complexity index is 598. The number of aromatic nitrogens is 2. The van der Waals surface area contributed by atoms with Crippen LogP contribution in [0.4, 0.5) is 0 Å². The minimum Gasteiger partial charge on any atom is -0.383 e. The number of amides is 1. The molecule has 126 valence electrons. The van der Waals surface area contributed by atoms with E-state index in [9.17, 15) is 4.79 Å². The molecule has 0 radical (unpaired) electrons. The van der Waals surface area contributed by atoms with Gasteiger partial charge in [0.15, 0.2) is 0 Å². The first-order chi connectivity index (χ1) is 10.7. The number of nitrogens with zero attached hydrogens (tertiary/aromatic N) is 2. The van der Waals surface area contributed by atoms with Gasteiger partial charge in [0.2, 0.25) is 0 Å². The molecule has 6 nitrogen and oxygen atoms in total. The fourth-order valence-corrected chi connectivity index (χ4v) is 1.99. The van der Waals surface area contributed by atoms with Crippen molar-refractivity contribution in [2.45, 2.75) is 6.92 Å². The van der Waals surface area contributed by atoms with E-state index in [2.05, 4.69) is 15.7 Å². The third-order valence-corrected chi connectivity index (χ3v) is 3.18. The van der Waals surface area contributed by atoms with E-state index in [4.69, 9.17) is 4.74 Å². The summed E-state index contributed by atoms with van der Waals surface area (Å²) in [5.74, 6) is -0.0725. The Hall–Kier alpha value is -1.89. The Morgan fingerprint density at radius 1 is 1.22 bits per heavy atom. The Morgan fingerprint density at radius 3 is 2.57 bits per heavy atom. The van der Waals surface area contributed by atoms with E-state index in [1.807, 2.05) is 25.3 Å². The second-order valence-electron chi connectivity index (χ2n) is 5.01. The van der Waals surface area contributed by atoms with Crippen molar-refractivity contribution in [2.75, 3.05) is 33.4 Å². The molecular formula is C16H23ClN4O2. The Morgan fingerprint density at radius 2 is 1.96 bits per heavy atom. The molecule has 0 aliphatic rings. The average Bonchev–Trinajstić information content (AvgIpc) is 2.97. The van der Waals surface area contributed by atoms with E-state index in [1.54, 1.807) is 30.1 Å². The predicted molar refractivity (Wildman–Crippen MR) is 92.6 cm³/mol. The largest absolute Gasteiger partial charge is 0.383 e. The quantitative estimate of drug-likeness (QED) is 0.717. The van der Waals surface area contributed by atoms with Crippen LogP contribution in [-0.2, 0) is 4.74 Å². The van der Waals surface area contributed by atoms with Gasteiger partial charge in [-0.15, -0.1) is 12.4 Å². The van der Waals surface area contributed by atoms with Crippen LogP contribution in [0.5, 0.6) is 0 Å². The zero-order chi connectivity index (χ0) is 15.8. The van der Waals surface area contributed by atoms with Crippen LogP contribution < -0.4 is 10.6 Å². The second-order valence-corrected chi connectivity index (χ2v) is 5.01. The van der Waals surface area contributed by atoms with Crippen LogP contribution in [0.15, 0.2) is 36.7 Å². The molecule has 1 aromatic carbocycles. The third kappa shape index (κ3) is 6.02. The summed E-state index contributed by atoms with van der Waals surface area (Å²) >= 11 is 0. The number of methoxy groups -OCH3 is 1. The molecule has 2 N–H and O–H groups in total. The third-order valence-electron chi connectivity index (χ3n) is 3.18. The molecule has 0 fully saturated rings. The molecule has 23 heavy (non-hydrogen) atoms. The van der Waals surface area contributed by atoms with E-state index < -0.39 is 0 Å². The molecule has 1 amide bonds. The van der Waals surface area contributed by atoms with Gasteiger partial charge in [-0.05, 0) is 36.8 Å². The monoisotopic (exact) mass is 338 g/mol. The standard InChI is InChI=1S/C16H22N4O2.ClH/c1-13-11-19-20(12-13)15-5-3-14(4-6-15)16(21)18-8-7-17-9-10-22-2;/h3-6,11-12,17H,7-10H2,1-2H3,(H,18,21);1H. The highest BCUT2D eigenvalue weighted by atomic mass is 35.5. The van der Waals surface area contributed by atoms with Crippen molar-refractivity contribution >= 4 is 18.3 Å². The van der Waals surface area contributed by atoms with Gasteiger partial charge in [0.1, 0.15) is 0 Å². The minimum absolute atomic E-state index is 0. The lowest BCUT2D eigenvalue weighted by Gasteiger charge is -2.07. The number of ether oxygens (including phenoxy) is 1. The van der Waals surface area contributed by atoms with Crippen molar-refractivity contribution in [1.29, 1.82) is 0 Å². The number of rotatable bonds is 8. The average molecular weight is 339 g/mol. The molecule has 0 aliphatic carbocycles. The Labute approximate surface area is 142 Å². The molecule has 2 rings (SSSR count). The summed E-state index contributed by atoms with van der Waals surface area (Å²) in [5.41, 5.74) is 2.68. The van der Waals surface area contributed by atoms with Crippen molar-refractivity contribution < 1.29 is 9.53 Å². The van der Waals surface area contributed by atoms with Gasteiger partial charge in [0, 0.05) is 38.5 Å². The van der Waals surface area contributed by atoms with Gasteiger partial charge in [-0.25, -0.2) is 4.68 Å². The first-order valence-electron chi connectivity index (χ1n) is 7.30. The van der Waals surface area contributed by atoms with E-state index in [0.717, 1.165) is 24.3 Å². The zero-order valence-corrected chi connectivity index (χ0v) is 14.2. The zero-order valence-electron chi connectivity index (χ0n) is 13.4. The topological polar surface area (TPSA) is 68.2 Å². The number of carbonyl (C=O) groups is 1. The molecular weight excluding hydrogens is 316 g/mol. The van der Waals surface area contributed by atoms with Crippen molar-refractivity contribution in [3.63, 3.8) is 0 Å². The van der Waals surface area contributed by atoms with E-state index in [1.165, 1.54) is 0 Å². The van der Waals surface area contributed by atoms with Gasteiger partial charge >= 0.3 is 0 Å². The summed E-state index contributed by atoms with van der Waals surface area (Å²) in [6, 6.07) is 7.39. The Kier molecular flexibility index (Phi) is 8.32. The van der Waals surface area contributed by atoms with Gasteiger partial charge in [-0.1, -0.05) is 0 Å². The number of hydrogen-bond acceptors (Lipinski definition) is 4. The van der Waals surface area contributed by atoms with Crippen molar-refractivity contribution in [3.05, 3.63) is 47.8 Å². The summed E-state index contributed by atoms with van der Waals surface area (Å²) in [6.07, 6.45) is 3.75. The summed E-state index contributed by atoms with van der Waals surface area (Å²) in [6.45, 7) is 4.75. The smallest absolute Gasteiger partial charge is 0.251 e. The van der Waals surface area contributed by atoms with Crippen LogP contribution in [0.25, 0.3) is 5.69 Å². The maximum Gasteiger partial charge on any atom is 0.251 e. The molecule has 0 saturated heterocycles. The SMILES string of the molecule is COCCNCCNC(=O)c1ccc(-n2cc(C)cn2)cc1.Cl. The minimum atomic E-state index is -0.0725. The lowest BCUT2D eigenvalue weighted by Crippen LogP contribution is -2.33. The molecule has 0 aliphatic heterocycles. The molecule has 0 bridgehead atoms. The van der Waals surface area contributed by atoms with Crippen LogP contribution in [0.2, 0.25) is 0 Å². The van der Waals surface area contributed by atoms with Crippen LogP contribution in [0.3, 0.4) is 0 Å². The summed E-state index contributed by atoms with van der Waals surface area (Å²) in [5, 5.41) is 10.3. The number of halogens is 1. The fraction of sp³-hybridized carbons (Fsp3) is 0.375. The van der Waals surface area contributed by atoms with Crippen molar-refractivity contribution in [1.82, 2.24) is 20.4 Å². The molecule has 0 unspecified atom stereocenters. The highest BCUT2D eigenvalue weighted by Gasteiger charge is 2.05. The first-order valence-corrected chi connectivity index (χ1v) is 7.30. The predicted octanol–water partition coefficient (Wildman–Crippen LogP) is 1.57. The number of nitrogens with one attached hydrogen (secondary N) is 2. The molecule has 1 heterocycles. The number of aryl methyl sites for hydroxylation is 1. The molecule has 0 spiro atoms. The maximum absolute atomic E-state index is 12.0. The van der Waals surface area contributed by atoms with Crippen LogP contribution in [0, 0.1) is 6.92 Å². The van der Waals surface area contributed by atoms with Gasteiger partial charge in [0.05, 0.1) is 18.5 Å². The van der Waals surface area contributed by atoms with Crippen LogP contribution in [0.1, 0.15) is 15.9 Å². The number of carbonyl (C=O) groups excluding carboxylic acids is 1. The second kappa shape index (κ2) is 9.99. The molecule has 2 aromatic rings. The van der Waals surface area contributed by atoms with Gasteiger partial charge < -0.3 is 15.4 Å². The van der Waals surface area contributed by atoms with E-state index >= 15 is 0 Å².